The van der Waals surface area contributed by atoms with Crippen molar-refractivity contribution >= 4 is 5.69 Å². The quantitative estimate of drug-likeness (QED) is 0.882. The van der Waals surface area contributed by atoms with Crippen LogP contribution in [0.25, 0.3) is 0 Å². The van der Waals surface area contributed by atoms with E-state index in [0.29, 0.717) is 12.5 Å². The zero-order chi connectivity index (χ0) is 13.9. The number of anilines is 1. The lowest BCUT2D eigenvalue weighted by Gasteiger charge is -2.44. The van der Waals surface area contributed by atoms with Crippen LogP contribution in [-0.2, 0) is 4.74 Å². The van der Waals surface area contributed by atoms with Crippen molar-refractivity contribution in [2.45, 2.75) is 18.9 Å². The fraction of sp³-hybridized carbons (Fsp3) is 0.600. The average molecular weight is 264 g/mol. The van der Waals surface area contributed by atoms with Crippen molar-refractivity contribution in [2.24, 2.45) is 11.7 Å². The summed E-state index contributed by atoms with van der Waals surface area (Å²) >= 11 is 0. The van der Waals surface area contributed by atoms with E-state index in [1.807, 2.05) is 18.2 Å². The number of methoxy groups -OCH3 is 1. The van der Waals surface area contributed by atoms with E-state index in [2.05, 4.69) is 24.9 Å². The molecule has 0 spiro atoms. The molecule has 0 amide bonds. The van der Waals surface area contributed by atoms with E-state index in [0.717, 1.165) is 31.1 Å². The lowest BCUT2D eigenvalue weighted by molar-refractivity contribution is 0.166. The standard InChI is InChI=1S/C15H24N2O2/c1-15(11-16,12-8-9-19-10-12)17(2)13-6-4-5-7-14(13)18-3/h4-7,12H,8-11,16H2,1-3H3. The molecule has 1 fully saturated rings. The molecule has 1 aromatic carbocycles. The normalized spacial score (nSPS) is 22.0. The minimum atomic E-state index is -0.120. The van der Waals surface area contributed by atoms with Crippen molar-refractivity contribution in [3.05, 3.63) is 24.3 Å². The molecule has 2 rings (SSSR count). The maximum Gasteiger partial charge on any atom is 0.142 e. The molecular weight excluding hydrogens is 240 g/mol. The smallest absolute Gasteiger partial charge is 0.142 e. The molecule has 2 unspecified atom stereocenters. The van der Waals surface area contributed by atoms with Crippen molar-refractivity contribution < 1.29 is 9.47 Å². The minimum Gasteiger partial charge on any atom is -0.495 e. The van der Waals surface area contributed by atoms with Crippen molar-refractivity contribution in [1.82, 2.24) is 0 Å². The second-order valence-corrected chi connectivity index (χ2v) is 5.35. The first-order valence-electron chi connectivity index (χ1n) is 6.78. The van der Waals surface area contributed by atoms with Gasteiger partial charge in [-0.25, -0.2) is 0 Å². The third kappa shape index (κ3) is 2.55. The van der Waals surface area contributed by atoms with Crippen LogP contribution < -0.4 is 15.4 Å². The first-order chi connectivity index (χ1) is 9.13. The number of ether oxygens (including phenoxy) is 2. The highest BCUT2D eigenvalue weighted by atomic mass is 16.5. The van der Waals surface area contributed by atoms with Gasteiger partial charge in [-0.05, 0) is 25.5 Å². The molecule has 4 heteroatoms. The first-order valence-corrected chi connectivity index (χ1v) is 6.78. The third-order valence-corrected chi connectivity index (χ3v) is 4.44. The summed E-state index contributed by atoms with van der Waals surface area (Å²) in [6.07, 6.45) is 1.06. The summed E-state index contributed by atoms with van der Waals surface area (Å²) in [7, 11) is 3.79. The Labute approximate surface area is 115 Å². The predicted molar refractivity (Wildman–Crippen MR) is 77.8 cm³/mol. The number of likely N-dealkylation sites (N-methyl/N-ethyl adjacent to an activating group) is 1. The number of hydrogen-bond acceptors (Lipinski definition) is 4. The lowest BCUT2D eigenvalue weighted by Crippen LogP contribution is -2.55. The molecule has 0 aromatic heterocycles. The van der Waals surface area contributed by atoms with E-state index in [4.69, 9.17) is 15.2 Å². The molecule has 0 aliphatic carbocycles. The van der Waals surface area contributed by atoms with Crippen LogP contribution in [0, 0.1) is 5.92 Å². The second-order valence-electron chi connectivity index (χ2n) is 5.35. The Morgan fingerprint density at radius 1 is 1.47 bits per heavy atom. The van der Waals surface area contributed by atoms with Crippen molar-refractivity contribution in [3.63, 3.8) is 0 Å². The molecule has 1 heterocycles. The van der Waals surface area contributed by atoms with Crippen molar-refractivity contribution in [1.29, 1.82) is 0 Å². The highest BCUT2D eigenvalue weighted by Gasteiger charge is 2.39. The number of para-hydroxylation sites is 2. The van der Waals surface area contributed by atoms with Crippen molar-refractivity contribution in [2.75, 3.05) is 38.8 Å². The van der Waals surface area contributed by atoms with Gasteiger partial charge in [0, 0.05) is 26.1 Å². The van der Waals surface area contributed by atoms with Gasteiger partial charge < -0.3 is 20.1 Å². The van der Waals surface area contributed by atoms with Gasteiger partial charge in [-0.2, -0.15) is 0 Å². The molecule has 1 aromatic rings. The summed E-state index contributed by atoms with van der Waals surface area (Å²) in [5, 5.41) is 0. The van der Waals surface area contributed by atoms with E-state index >= 15 is 0 Å². The summed E-state index contributed by atoms with van der Waals surface area (Å²) in [4.78, 5) is 2.24. The van der Waals surface area contributed by atoms with Crippen LogP contribution in [0.2, 0.25) is 0 Å². The van der Waals surface area contributed by atoms with Gasteiger partial charge in [0.2, 0.25) is 0 Å². The molecule has 1 saturated heterocycles. The largest absolute Gasteiger partial charge is 0.495 e. The molecule has 1 aliphatic rings. The Bertz CT molecular complexity index is 418. The Hall–Kier alpha value is -1.26. The molecule has 106 valence electrons. The minimum absolute atomic E-state index is 0.120. The van der Waals surface area contributed by atoms with Crippen LogP contribution >= 0.6 is 0 Å². The number of rotatable bonds is 5. The molecule has 4 nitrogen and oxygen atoms in total. The van der Waals surface area contributed by atoms with E-state index in [1.165, 1.54) is 0 Å². The molecule has 1 aliphatic heterocycles. The molecule has 2 N–H and O–H groups in total. The number of hydrogen-bond donors (Lipinski definition) is 1. The molecule has 0 saturated carbocycles. The van der Waals surface area contributed by atoms with E-state index in [1.54, 1.807) is 7.11 Å². The number of nitrogens with zero attached hydrogens (tertiary/aromatic N) is 1. The maximum absolute atomic E-state index is 6.08. The van der Waals surface area contributed by atoms with Crippen LogP contribution in [0.1, 0.15) is 13.3 Å². The highest BCUT2D eigenvalue weighted by molar-refractivity contribution is 5.59. The van der Waals surface area contributed by atoms with Crippen LogP contribution in [0.5, 0.6) is 5.75 Å². The summed E-state index contributed by atoms with van der Waals surface area (Å²) in [6.45, 7) is 4.42. The highest BCUT2D eigenvalue weighted by Crippen LogP contribution is 2.37. The van der Waals surface area contributed by atoms with Gasteiger partial charge in [-0.1, -0.05) is 12.1 Å². The SMILES string of the molecule is COc1ccccc1N(C)C(C)(CN)C1CCOC1. The summed E-state index contributed by atoms with van der Waals surface area (Å²) in [6, 6.07) is 8.06. The van der Waals surface area contributed by atoms with Crippen LogP contribution in [-0.4, -0.2) is 39.5 Å². The van der Waals surface area contributed by atoms with E-state index in [9.17, 15) is 0 Å². The van der Waals surface area contributed by atoms with Crippen LogP contribution in [0.4, 0.5) is 5.69 Å². The molecule has 0 bridgehead atoms. The molecular formula is C15H24N2O2. The van der Waals surface area contributed by atoms with Gasteiger partial charge in [0.05, 0.1) is 24.9 Å². The zero-order valence-electron chi connectivity index (χ0n) is 12.1. The molecule has 2 atom stereocenters. The van der Waals surface area contributed by atoms with Gasteiger partial charge in [0.25, 0.3) is 0 Å². The van der Waals surface area contributed by atoms with Crippen molar-refractivity contribution in [3.8, 4) is 5.75 Å². The van der Waals surface area contributed by atoms with Gasteiger partial charge in [0.1, 0.15) is 5.75 Å². The van der Waals surface area contributed by atoms with Gasteiger partial charge in [-0.3, -0.25) is 0 Å². The van der Waals surface area contributed by atoms with Gasteiger partial charge in [0.15, 0.2) is 0 Å². The van der Waals surface area contributed by atoms with E-state index in [-0.39, 0.29) is 5.54 Å². The molecule has 0 radical (unpaired) electrons. The zero-order valence-corrected chi connectivity index (χ0v) is 12.1. The average Bonchev–Trinajstić information content (AvgIpc) is 3.00. The number of benzene rings is 1. The Morgan fingerprint density at radius 3 is 2.79 bits per heavy atom. The Kier molecular flexibility index (Phi) is 4.32. The third-order valence-electron chi connectivity index (χ3n) is 4.44. The van der Waals surface area contributed by atoms with Crippen LogP contribution in [0.15, 0.2) is 24.3 Å². The summed E-state index contributed by atoms with van der Waals surface area (Å²) in [5.74, 6) is 1.33. The first kappa shape index (κ1) is 14.2. The second kappa shape index (κ2) is 5.80. The van der Waals surface area contributed by atoms with Crippen LogP contribution in [0.3, 0.4) is 0 Å². The predicted octanol–water partition coefficient (Wildman–Crippen LogP) is 1.89. The number of nitrogens with two attached hydrogens (primary N) is 1. The fourth-order valence-corrected chi connectivity index (χ4v) is 2.78. The lowest BCUT2D eigenvalue weighted by atomic mass is 9.83. The Balaban J connectivity index is 2.31. The van der Waals surface area contributed by atoms with E-state index < -0.39 is 0 Å². The topological polar surface area (TPSA) is 47.7 Å². The monoisotopic (exact) mass is 264 g/mol. The summed E-state index contributed by atoms with van der Waals surface area (Å²) < 4.78 is 11.0. The Morgan fingerprint density at radius 2 is 2.21 bits per heavy atom. The maximum atomic E-state index is 6.08. The van der Waals surface area contributed by atoms with Gasteiger partial charge in [-0.15, -0.1) is 0 Å². The van der Waals surface area contributed by atoms with Gasteiger partial charge >= 0.3 is 0 Å². The fourth-order valence-electron chi connectivity index (χ4n) is 2.78. The molecule has 19 heavy (non-hydrogen) atoms. The summed E-state index contributed by atoms with van der Waals surface area (Å²) in [5.41, 5.74) is 7.03.